The Bertz CT molecular complexity index is 717. The van der Waals surface area contributed by atoms with Crippen LogP contribution in [0.4, 0.5) is 0 Å². The van der Waals surface area contributed by atoms with Crippen molar-refractivity contribution in [1.29, 1.82) is 0 Å². The first kappa shape index (κ1) is 12.8. The summed E-state index contributed by atoms with van der Waals surface area (Å²) in [6.45, 7) is 0.251. The van der Waals surface area contributed by atoms with Crippen molar-refractivity contribution in [2.75, 3.05) is 0 Å². The minimum absolute atomic E-state index is 0.251. The normalized spacial score (nSPS) is 10.2. The number of nitrogens with two attached hydrogens (primary N) is 1. The lowest BCUT2D eigenvalue weighted by molar-refractivity contribution is 0.0953. The quantitative estimate of drug-likeness (QED) is 0.381. The zero-order valence-corrected chi connectivity index (χ0v) is 9.92. The maximum absolute atomic E-state index is 11.5. The lowest BCUT2D eigenvalue weighted by Crippen LogP contribution is -2.30. The first-order valence-corrected chi connectivity index (χ1v) is 5.50. The van der Waals surface area contributed by atoms with Crippen LogP contribution in [0.5, 0.6) is 0 Å². The van der Waals surface area contributed by atoms with Gasteiger partial charge in [0.1, 0.15) is 0 Å². The molecule has 0 spiro atoms. The number of hydrazine groups is 1. The van der Waals surface area contributed by atoms with E-state index in [-0.39, 0.29) is 6.54 Å². The Morgan fingerprint density at radius 2 is 2.11 bits per heavy atom. The van der Waals surface area contributed by atoms with E-state index < -0.39 is 17.2 Å². The zero-order valence-electron chi connectivity index (χ0n) is 9.92. The van der Waals surface area contributed by atoms with Crippen LogP contribution in [0.1, 0.15) is 15.9 Å². The van der Waals surface area contributed by atoms with Crippen molar-refractivity contribution < 1.29 is 4.79 Å². The van der Waals surface area contributed by atoms with E-state index in [1.54, 1.807) is 24.3 Å². The number of aromatic nitrogens is 2. The average molecular weight is 260 g/mol. The van der Waals surface area contributed by atoms with Gasteiger partial charge in [0.15, 0.2) is 0 Å². The summed E-state index contributed by atoms with van der Waals surface area (Å²) in [7, 11) is 0. The lowest BCUT2D eigenvalue weighted by Gasteiger charge is -2.06. The maximum atomic E-state index is 11.5. The molecule has 1 aromatic carbocycles. The number of hydrogen-bond donors (Lipinski definition) is 3. The standard InChI is InChI=1S/C12H12N4O3/c13-15-11(18)9-3-1-2-8(6-9)7-16-5-4-10(17)14-12(16)19/h1-6H,7,13H2,(H,15,18)(H,14,17,19). The molecule has 0 fully saturated rings. The molecule has 0 bridgehead atoms. The topological polar surface area (TPSA) is 110 Å². The molecule has 0 unspecified atom stereocenters. The van der Waals surface area contributed by atoms with E-state index in [1.807, 2.05) is 5.43 Å². The molecule has 2 aromatic rings. The Morgan fingerprint density at radius 1 is 1.32 bits per heavy atom. The van der Waals surface area contributed by atoms with Gasteiger partial charge in [-0.05, 0) is 17.7 Å². The van der Waals surface area contributed by atoms with E-state index in [0.29, 0.717) is 5.56 Å². The molecule has 1 amide bonds. The first-order valence-electron chi connectivity index (χ1n) is 5.50. The number of carbonyl (C=O) groups is 1. The monoisotopic (exact) mass is 260 g/mol. The van der Waals surface area contributed by atoms with Crippen LogP contribution in [0.25, 0.3) is 0 Å². The van der Waals surface area contributed by atoms with E-state index in [4.69, 9.17) is 5.84 Å². The molecular weight excluding hydrogens is 248 g/mol. The van der Waals surface area contributed by atoms with Crippen molar-refractivity contribution in [2.24, 2.45) is 5.84 Å². The van der Waals surface area contributed by atoms with Crippen LogP contribution in [0.3, 0.4) is 0 Å². The van der Waals surface area contributed by atoms with Gasteiger partial charge >= 0.3 is 5.69 Å². The number of rotatable bonds is 3. The van der Waals surface area contributed by atoms with Crippen LogP contribution in [0.2, 0.25) is 0 Å². The van der Waals surface area contributed by atoms with E-state index in [1.165, 1.54) is 16.8 Å². The summed E-state index contributed by atoms with van der Waals surface area (Å²) in [5.74, 6) is 4.65. The third-order valence-electron chi connectivity index (χ3n) is 2.57. The van der Waals surface area contributed by atoms with E-state index >= 15 is 0 Å². The molecule has 0 atom stereocenters. The number of nitrogens with one attached hydrogen (secondary N) is 2. The average Bonchev–Trinajstić information content (AvgIpc) is 2.41. The third-order valence-corrected chi connectivity index (χ3v) is 2.57. The second-order valence-electron chi connectivity index (χ2n) is 3.91. The van der Waals surface area contributed by atoms with Crippen molar-refractivity contribution >= 4 is 5.91 Å². The second kappa shape index (κ2) is 5.32. The predicted octanol–water partition coefficient (Wildman–Crippen LogP) is -0.812. The summed E-state index contributed by atoms with van der Waals surface area (Å²) >= 11 is 0. The Kier molecular flexibility index (Phi) is 3.58. The van der Waals surface area contributed by atoms with E-state index in [2.05, 4.69) is 4.98 Å². The molecule has 0 saturated heterocycles. The lowest BCUT2D eigenvalue weighted by atomic mass is 10.1. The van der Waals surface area contributed by atoms with Gasteiger partial charge in [-0.15, -0.1) is 0 Å². The predicted molar refractivity (Wildman–Crippen MR) is 68.5 cm³/mol. The number of benzene rings is 1. The van der Waals surface area contributed by atoms with Crippen molar-refractivity contribution in [1.82, 2.24) is 15.0 Å². The van der Waals surface area contributed by atoms with Crippen molar-refractivity contribution in [2.45, 2.75) is 6.54 Å². The highest BCUT2D eigenvalue weighted by Gasteiger charge is 2.05. The summed E-state index contributed by atoms with van der Waals surface area (Å²) in [5.41, 5.74) is 2.24. The largest absolute Gasteiger partial charge is 0.328 e. The number of nitrogen functional groups attached to an aromatic ring is 1. The fourth-order valence-electron chi connectivity index (χ4n) is 1.66. The molecule has 0 aliphatic heterocycles. The van der Waals surface area contributed by atoms with Crippen LogP contribution in [-0.4, -0.2) is 15.5 Å². The van der Waals surface area contributed by atoms with Gasteiger partial charge in [0.05, 0.1) is 6.54 Å². The summed E-state index contributed by atoms with van der Waals surface area (Å²) < 4.78 is 1.33. The third kappa shape index (κ3) is 2.96. The molecule has 0 aliphatic carbocycles. The number of hydrogen-bond acceptors (Lipinski definition) is 4. The molecule has 7 heteroatoms. The first-order chi connectivity index (χ1) is 9.10. The highest BCUT2D eigenvalue weighted by atomic mass is 16.2. The summed E-state index contributed by atoms with van der Waals surface area (Å²) in [4.78, 5) is 36.0. The molecule has 4 N–H and O–H groups in total. The SMILES string of the molecule is NNC(=O)c1cccc(Cn2ccc(=O)[nH]c2=O)c1. The molecule has 7 nitrogen and oxygen atoms in total. The number of aromatic amines is 1. The Balaban J connectivity index is 2.31. The van der Waals surface area contributed by atoms with Gasteiger partial charge in [0.25, 0.3) is 11.5 Å². The van der Waals surface area contributed by atoms with Crippen LogP contribution < -0.4 is 22.5 Å². The van der Waals surface area contributed by atoms with Crippen LogP contribution >= 0.6 is 0 Å². The fraction of sp³-hybridized carbons (Fsp3) is 0.0833. The summed E-state index contributed by atoms with van der Waals surface area (Å²) in [6.07, 6.45) is 1.40. The Labute approximate surface area is 107 Å². The zero-order chi connectivity index (χ0) is 13.8. The van der Waals surface area contributed by atoms with Gasteiger partial charge in [-0.1, -0.05) is 12.1 Å². The Hall–Kier alpha value is -2.67. The molecule has 98 valence electrons. The minimum atomic E-state index is -0.499. The smallest absolute Gasteiger partial charge is 0.296 e. The van der Waals surface area contributed by atoms with Crippen LogP contribution in [0.15, 0.2) is 46.1 Å². The highest BCUT2D eigenvalue weighted by molar-refractivity contribution is 5.93. The van der Waals surface area contributed by atoms with E-state index in [0.717, 1.165) is 5.56 Å². The summed E-state index contributed by atoms with van der Waals surface area (Å²) in [5, 5.41) is 0. The van der Waals surface area contributed by atoms with Crippen molar-refractivity contribution in [3.8, 4) is 0 Å². The van der Waals surface area contributed by atoms with Crippen LogP contribution in [-0.2, 0) is 6.54 Å². The number of H-pyrrole nitrogens is 1. The molecule has 0 aliphatic rings. The van der Waals surface area contributed by atoms with Crippen molar-refractivity contribution in [3.05, 3.63) is 68.5 Å². The van der Waals surface area contributed by atoms with Gasteiger partial charge in [-0.25, -0.2) is 10.6 Å². The molecule has 0 saturated carbocycles. The number of nitrogens with zero attached hydrogens (tertiary/aromatic N) is 1. The molecule has 0 radical (unpaired) electrons. The molecule has 2 rings (SSSR count). The fourth-order valence-corrected chi connectivity index (χ4v) is 1.66. The maximum Gasteiger partial charge on any atom is 0.328 e. The Morgan fingerprint density at radius 3 is 2.79 bits per heavy atom. The van der Waals surface area contributed by atoms with E-state index in [9.17, 15) is 14.4 Å². The highest BCUT2D eigenvalue weighted by Crippen LogP contribution is 2.06. The summed E-state index contributed by atoms with van der Waals surface area (Å²) in [6, 6.07) is 7.96. The number of carbonyl (C=O) groups excluding carboxylic acids is 1. The van der Waals surface area contributed by atoms with Gasteiger partial charge in [-0.3, -0.25) is 24.6 Å². The van der Waals surface area contributed by atoms with Crippen molar-refractivity contribution in [3.63, 3.8) is 0 Å². The molecular formula is C12H12N4O3. The van der Waals surface area contributed by atoms with Crippen LogP contribution in [0, 0.1) is 0 Å². The molecule has 19 heavy (non-hydrogen) atoms. The van der Waals surface area contributed by atoms with Gasteiger partial charge in [-0.2, -0.15) is 0 Å². The second-order valence-corrected chi connectivity index (χ2v) is 3.91. The van der Waals surface area contributed by atoms with Gasteiger partial charge in [0, 0.05) is 17.8 Å². The minimum Gasteiger partial charge on any atom is -0.296 e. The molecule has 1 heterocycles. The van der Waals surface area contributed by atoms with Gasteiger partial charge < -0.3 is 0 Å². The number of amides is 1. The van der Waals surface area contributed by atoms with Gasteiger partial charge in [0.2, 0.25) is 0 Å². The molecule has 1 aromatic heterocycles.